The lowest BCUT2D eigenvalue weighted by molar-refractivity contribution is -0.138. The fourth-order valence-corrected chi connectivity index (χ4v) is 5.71. The predicted molar refractivity (Wildman–Crippen MR) is 141 cm³/mol. The standard InChI is InChI=1S/C26H33F4N9O/c1-24(2)11-16(12-25(3,4)38(24)6)32-21-18(27)13-31-22(34-21)33-15-9-17(26(28,29)30)20(14-7-8-14)19(10-15)39-23(40)37(5)35-36-39/h9-10,13-14,16H,7-8,11-12H2,1-6H3,(H2,31,32,33,34). The summed E-state index contributed by atoms with van der Waals surface area (Å²) in [6.07, 6.45) is -1.13. The number of nitrogens with one attached hydrogen (secondary N) is 2. The third-order valence-corrected chi connectivity index (χ3v) is 8.05. The number of nitrogens with zero attached hydrogens (tertiary/aromatic N) is 7. The molecule has 1 saturated heterocycles. The van der Waals surface area contributed by atoms with E-state index in [4.69, 9.17) is 0 Å². The van der Waals surface area contributed by atoms with Crippen molar-refractivity contribution < 1.29 is 17.6 Å². The molecular weight excluding hydrogens is 530 g/mol. The Kier molecular flexibility index (Phi) is 6.67. The molecule has 5 rings (SSSR count). The van der Waals surface area contributed by atoms with Crippen LogP contribution in [0.4, 0.5) is 35.0 Å². The van der Waals surface area contributed by atoms with Crippen molar-refractivity contribution in [1.29, 1.82) is 0 Å². The third kappa shape index (κ3) is 5.28. The molecule has 0 atom stereocenters. The largest absolute Gasteiger partial charge is 0.416 e. The summed E-state index contributed by atoms with van der Waals surface area (Å²) in [5, 5.41) is 13.4. The molecule has 2 aromatic heterocycles. The normalized spacial score (nSPS) is 19.6. The highest BCUT2D eigenvalue weighted by atomic mass is 19.4. The van der Waals surface area contributed by atoms with Crippen molar-refractivity contribution in [3.8, 4) is 5.69 Å². The smallest absolute Gasteiger partial charge is 0.365 e. The summed E-state index contributed by atoms with van der Waals surface area (Å²) in [5.41, 5.74) is -1.93. The Morgan fingerprint density at radius 3 is 2.23 bits per heavy atom. The van der Waals surface area contributed by atoms with Gasteiger partial charge < -0.3 is 10.6 Å². The first kappa shape index (κ1) is 28.0. The number of likely N-dealkylation sites (tertiary alicyclic amines) is 1. The topological polar surface area (TPSA) is 106 Å². The summed E-state index contributed by atoms with van der Waals surface area (Å²) in [5.74, 6) is -1.17. The molecule has 10 nitrogen and oxygen atoms in total. The van der Waals surface area contributed by atoms with Crippen LogP contribution in [0.15, 0.2) is 23.1 Å². The van der Waals surface area contributed by atoms with E-state index in [-0.39, 0.29) is 51.7 Å². The minimum atomic E-state index is -4.69. The van der Waals surface area contributed by atoms with Crippen molar-refractivity contribution >= 4 is 17.5 Å². The van der Waals surface area contributed by atoms with Crippen LogP contribution in [-0.4, -0.2) is 58.8 Å². The van der Waals surface area contributed by atoms with Gasteiger partial charge in [-0.05, 0) is 94.5 Å². The van der Waals surface area contributed by atoms with Gasteiger partial charge in [-0.25, -0.2) is 14.2 Å². The van der Waals surface area contributed by atoms with Gasteiger partial charge in [0, 0.05) is 29.9 Å². The first-order valence-corrected chi connectivity index (χ1v) is 13.1. The molecule has 14 heteroatoms. The Labute approximate surface area is 228 Å². The summed E-state index contributed by atoms with van der Waals surface area (Å²) in [7, 11) is 3.43. The fourth-order valence-electron chi connectivity index (χ4n) is 5.71. The van der Waals surface area contributed by atoms with E-state index in [0.29, 0.717) is 12.8 Å². The zero-order valence-corrected chi connectivity index (χ0v) is 23.3. The molecule has 40 heavy (non-hydrogen) atoms. The highest BCUT2D eigenvalue weighted by Crippen LogP contribution is 2.49. The maximum Gasteiger partial charge on any atom is 0.416 e. The number of anilines is 3. The van der Waals surface area contributed by atoms with Gasteiger partial charge in [0.25, 0.3) is 0 Å². The van der Waals surface area contributed by atoms with Crippen LogP contribution < -0.4 is 16.3 Å². The molecule has 0 spiro atoms. The summed E-state index contributed by atoms with van der Waals surface area (Å²) in [6, 6.07) is 2.25. The maximum atomic E-state index is 14.8. The van der Waals surface area contributed by atoms with E-state index in [9.17, 15) is 22.4 Å². The number of aryl methyl sites for hydroxylation is 1. The monoisotopic (exact) mass is 563 g/mol. The predicted octanol–water partition coefficient (Wildman–Crippen LogP) is 4.60. The van der Waals surface area contributed by atoms with Gasteiger partial charge in [0.15, 0.2) is 11.6 Å². The second-order valence-corrected chi connectivity index (χ2v) is 12.0. The molecule has 0 unspecified atom stereocenters. The van der Waals surface area contributed by atoms with Crippen LogP contribution in [0.25, 0.3) is 5.69 Å². The molecule has 1 aromatic carbocycles. The summed E-state index contributed by atoms with van der Waals surface area (Å²) < 4.78 is 59.3. The molecule has 0 bridgehead atoms. The number of piperidine rings is 1. The van der Waals surface area contributed by atoms with Gasteiger partial charge in [-0.3, -0.25) is 4.90 Å². The van der Waals surface area contributed by atoms with Crippen molar-refractivity contribution in [1.82, 2.24) is 34.7 Å². The maximum absolute atomic E-state index is 14.8. The lowest BCUT2D eigenvalue weighted by atomic mass is 9.77. The molecule has 1 aliphatic carbocycles. The van der Waals surface area contributed by atoms with E-state index in [1.165, 1.54) is 13.1 Å². The number of alkyl halides is 3. The first-order chi connectivity index (χ1) is 18.6. The van der Waals surface area contributed by atoms with Gasteiger partial charge in [0.1, 0.15) is 0 Å². The summed E-state index contributed by atoms with van der Waals surface area (Å²) in [4.78, 5) is 23.1. The van der Waals surface area contributed by atoms with E-state index in [1.54, 1.807) is 0 Å². The Morgan fingerprint density at radius 1 is 1.02 bits per heavy atom. The molecule has 0 amide bonds. The SMILES string of the molecule is CN1C(C)(C)CC(Nc2nc(Nc3cc(-n4nnn(C)c4=O)c(C4CC4)c(C(F)(F)F)c3)ncc2F)CC1(C)C. The van der Waals surface area contributed by atoms with Crippen LogP contribution in [0.3, 0.4) is 0 Å². The van der Waals surface area contributed by atoms with E-state index < -0.39 is 23.2 Å². The number of hydrogen-bond acceptors (Lipinski definition) is 8. The van der Waals surface area contributed by atoms with Crippen LogP contribution in [0.2, 0.25) is 0 Å². The number of rotatable bonds is 6. The van der Waals surface area contributed by atoms with Gasteiger partial charge in [-0.15, -0.1) is 0 Å². The molecule has 2 N–H and O–H groups in total. The highest BCUT2D eigenvalue weighted by molar-refractivity contribution is 5.65. The summed E-state index contributed by atoms with van der Waals surface area (Å²) in [6.45, 7) is 8.48. The lowest BCUT2D eigenvalue weighted by Gasteiger charge is -2.53. The van der Waals surface area contributed by atoms with Gasteiger partial charge >= 0.3 is 11.9 Å². The molecule has 1 saturated carbocycles. The quantitative estimate of drug-likeness (QED) is 0.420. The van der Waals surface area contributed by atoms with Crippen molar-refractivity contribution in [2.45, 2.75) is 82.6 Å². The molecule has 216 valence electrons. The lowest BCUT2D eigenvalue weighted by Crippen LogP contribution is -2.61. The highest BCUT2D eigenvalue weighted by Gasteiger charge is 2.44. The van der Waals surface area contributed by atoms with Crippen molar-refractivity contribution in [3.05, 3.63) is 45.8 Å². The molecule has 1 aliphatic heterocycles. The van der Waals surface area contributed by atoms with Crippen LogP contribution in [0.1, 0.15) is 70.4 Å². The average molecular weight is 564 g/mol. The van der Waals surface area contributed by atoms with E-state index in [1.807, 2.05) is 0 Å². The minimum absolute atomic E-state index is 0.00414. The van der Waals surface area contributed by atoms with Gasteiger partial charge in [-0.1, -0.05) is 0 Å². The number of benzene rings is 1. The summed E-state index contributed by atoms with van der Waals surface area (Å²) >= 11 is 0. The van der Waals surface area contributed by atoms with Gasteiger partial charge in [0.2, 0.25) is 5.95 Å². The van der Waals surface area contributed by atoms with Crippen LogP contribution in [-0.2, 0) is 13.2 Å². The second-order valence-electron chi connectivity index (χ2n) is 12.0. The van der Waals surface area contributed by atoms with Crippen LogP contribution in [0, 0.1) is 5.82 Å². The number of hydrogen-bond donors (Lipinski definition) is 2. The number of halogens is 4. The Balaban J connectivity index is 1.50. The molecule has 3 aromatic rings. The van der Waals surface area contributed by atoms with E-state index >= 15 is 0 Å². The van der Waals surface area contributed by atoms with E-state index in [2.05, 4.69) is 70.7 Å². The molecular formula is C26H33F4N9O. The molecule has 3 heterocycles. The van der Waals surface area contributed by atoms with Crippen molar-refractivity contribution in [2.24, 2.45) is 7.05 Å². The molecule has 2 aliphatic rings. The van der Waals surface area contributed by atoms with Crippen LogP contribution >= 0.6 is 0 Å². The van der Waals surface area contributed by atoms with Crippen molar-refractivity contribution in [2.75, 3.05) is 17.7 Å². The van der Waals surface area contributed by atoms with E-state index in [0.717, 1.165) is 34.5 Å². The average Bonchev–Trinajstić information content (AvgIpc) is 3.63. The molecule has 2 fully saturated rings. The number of tetrazole rings is 1. The number of aromatic nitrogens is 6. The van der Waals surface area contributed by atoms with Crippen LogP contribution in [0.5, 0.6) is 0 Å². The second kappa shape index (κ2) is 9.53. The Morgan fingerprint density at radius 2 is 1.68 bits per heavy atom. The van der Waals surface area contributed by atoms with Crippen molar-refractivity contribution in [3.63, 3.8) is 0 Å². The molecule has 0 radical (unpaired) electrons. The third-order valence-electron chi connectivity index (χ3n) is 8.05. The zero-order chi connectivity index (χ0) is 29.2. The van der Waals surface area contributed by atoms with Gasteiger partial charge in [0.05, 0.1) is 17.4 Å². The first-order valence-electron chi connectivity index (χ1n) is 13.1. The van der Waals surface area contributed by atoms with Gasteiger partial charge in [-0.2, -0.15) is 27.5 Å². The Hall–Kier alpha value is -3.55. The minimum Gasteiger partial charge on any atom is -0.365 e. The fraction of sp³-hybridized carbons (Fsp3) is 0.577. The zero-order valence-electron chi connectivity index (χ0n) is 23.3. The Bertz CT molecular complexity index is 1470.